The van der Waals surface area contributed by atoms with Crippen molar-refractivity contribution in [1.29, 1.82) is 0 Å². The summed E-state index contributed by atoms with van der Waals surface area (Å²) < 4.78 is 0. The van der Waals surface area contributed by atoms with Gasteiger partial charge in [-0.25, -0.2) is 0 Å². The van der Waals surface area contributed by atoms with Crippen LogP contribution in [-0.4, -0.2) is 28.5 Å². The number of aliphatic hydroxyl groups is 2. The summed E-state index contributed by atoms with van der Waals surface area (Å²) in [6.07, 6.45) is -0.684. The first kappa shape index (κ1) is 8.17. The standard InChI is InChI=1S/C4H9NO2.ClH/c5-2-1-3(6)4(2)7;/h2-4,6-7H,1,5H2;1H. The predicted molar refractivity (Wildman–Crippen MR) is 31.9 cm³/mol. The molecule has 0 saturated heterocycles. The van der Waals surface area contributed by atoms with Gasteiger partial charge in [-0.15, -0.1) is 12.4 Å². The van der Waals surface area contributed by atoms with Crippen LogP contribution in [0.5, 0.6) is 0 Å². The molecule has 0 spiro atoms. The van der Waals surface area contributed by atoms with Crippen LogP contribution in [0.15, 0.2) is 0 Å². The maximum Gasteiger partial charge on any atom is 0.0951 e. The highest BCUT2D eigenvalue weighted by atomic mass is 35.5. The number of hydrogen-bond donors (Lipinski definition) is 3. The lowest BCUT2D eigenvalue weighted by atomic mass is 9.87. The van der Waals surface area contributed by atoms with Gasteiger partial charge in [-0.05, 0) is 6.42 Å². The molecule has 4 N–H and O–H groups in total. The molecule has 1 aliphatic carbocycles. The fourth-order valence-electron chi connectivity index (χ4n) is 0.647. The quantitative estimate of drug-likeness (QED) is 0.398. The van der Waals surface area contributed by atoms with Crippen molar-refractivity contribution in [3.05, 3.63) is 0 Å². The lowest BCUT2D eigenvalue weighted by Crippen LogP contribution is -2.55. The zero-order valence-corrected chi connectivity index (χ0v) is 5.14. The first-order chi connectivity index (χ1) is 3.22. The maximum absolute atomic E-state index is 8.61. The Balaban J connectivity index is 0.000000490. The Bertz CT molecular complexity index is 72.4. The van der Waals surface area contributed by atoms with Crippen LogP contribution in [0.2, 0.25) is 0 Å². The zero-order valence-electron chi connectivity index (χ0n) is 4.32. The largest absolute Gasteiger partial charge is 0.390 e. The van der Waals surface area contributed by atoms with Crippen molar-refractivity contribution in [2.75, 3.05) is 0 Å². The van der Waals surface area contributed by atoms with Crippen molar-refractivity contribution in [1.82, 2.24) is 0 Å². The summed E-state index contributed by atoms with van der Waals surface area (Å²) in [6.45, 7) is 0. The van der Waals surface area contributed by atoms with E-state index in [0.717, 1.165) is 0 Å². The SMILES string of the molecule is Cl.NC1CC(O)C1O. The molecule has 0 aromatic rings. The van der Waals surface area contributed by atoms with E-state index < -0.39 is 12.2 Å². The highest BCUT2D eigenvalue weighted by Crippen LogP contribution is 2.17. The van der Waals surface area contributed by atoms with E-state index in [4.69, 9.17) is 15.9 Å². The minimum atomic E-state index is -0.667. The molecule has 1 fully saturated rings. The van der Waals surface area contributed by atoms with Gasteiger partial charge in [0.1, 0.15) is 0 Å². The maximum atomic E-state index is 8.61. The Morgan fingerprint density at radius 1 is 1.38 bits per heavy atom. The van der Waals surface area contributed by atoms with Gasteiger partial charge in [0.05, 0.1) is 12.2 Å². The van der Waals surface area contributed by atoms with E-state index in [2.05, 4.69) is 0 Å². The second-order valence-electron chi connectivity index (χ2n) is 1.96. The molecular formula is C4H10ClNO2. The summed E-state index contributed by atoms with van der Waals surface area (Å²) in [4.78, 5) is 0. The highest BCUT2D eigenvalue weighted by Gasteiger charge is 2.35. The average molecular weight is 140 g/mol. The van der Waals surface area contributed by atoms with Gasteiger partial charge in [-0.1, -0.05) is 0 Å². The highest BCUT2D eigenvalue weighted by molar-refractivity contribution is 5.85. The third-order valence-corrected chi connectivity index (χ3v) is 1.35. The fraction of sp³-hybridized carbons (Fsp3) is 1.00. The van der Waals surface area contributed by atoms with Gasteiger partial charge in [-0.3, -0.25) is 0 Å². The molecule has 0 amide bonds. The monoisotopic (exact) mass is 139 g/mol. The molecule has 4 heteroatoms. The first-order valence-electron chi connectivity index (χ1n) is 2.33. The van der Waals surface area contributed by atoms with Gasteiger partial charge in [0.2, 0.25) is 0 Å². The van der Waals surface area contributed by atoms with Gasteiger partial charge < -0.3 is 15.9 Å². The fourth-order valence-corrected chi connectivity index (χ4v) is 0.647. The van der Waals surface area contributed by atoms with Crippen molar-refractivity contribution >= 4 is 12.4 Å². The van der Waals surface area contributed by atoms with E-state index in [9.17, 15) is 0 Å². The summed E-state index contributed by atoms with van der Waals surface area (Å²) in [5, 5.41) is 17.2. The smallest absolute Gasteiger partial charge is 0.0951 e. The number of aliphatic hydroxyl groups excluding tert-OH is 2. The van der Waals surface area contributed by atoms with Crippen LogP contribution in [0.25, 0.3) is 0 Å². The van der Waals surface area contributed by atoms with Crippen LogP contribution >= 0.6 is 12.4 Å². The third kappa shape index (κ3) is 1.11. The molecule has 1 saturated carbocycles. The summed E-state index contributed by atoms with van der Waals surface area (Å²) in [5.41, 5.74) is 5.20. The zero-order chi connectivity index (χ0) is 5.44. The van der Waals surface area contributed by atoms with E-state index in [0.29, 0.717) is 6.42 Å². The van der Waals surface area contributed by atoms with E-state index in [-0.39, 0.29) is 18.4 Å². The molecule has 1 rings (SSSR count). The summed E-state index contributed by atoms with van der Waals surface area (Å²) in [5.74, 6) is 0. The van der Waals surface area contributed by atoms with Crippen molar-refractivity contribution < 1.29 is 10.2 Å². The molecule has 8 heavy (non-hydrogen) atoms. The van der Waals surface area contributed by atoms with Crippen LogP contribution < -0.4 is 5.73 Å². The van der Waals surface area contributed by atoms with Gasteiger partial charge in [0.15, 0.2) is 0 Å². The van der Waals surface area contributed by atoms with Crippen LogP contribution in [0.1, 0.15) is 6.42 Å². The van der Waals surface area contributed by atoms with Crippen LogP contribution in [0, 0.1) is 0 Å². The van der Waals surface area contributed by atoms with Gasteiger partial charge in [0.25, 0.3) is 0 Å². The summed E-state index contributed by atoms with van der Waals surface area (Å²) in [6, 6.07) is -0.185. The van der Waals surface area contributed by atoms with E-state index in [1.165, 1.54) is 0 Å². The second kappa shape index (κ2) is 2.64. The molecule has 3 unspecified atom stereocenters. The van der Waals surface area contributed by atoms with Crippen LogP contribution in [-0.2, 0) is 0 Å². The van der Waals surface area contributed by atoms with Crippen LogP contribution in [0.4, 0.5) is 0 Å². The normalized spacial score (nSPS) is 44.6. The van der Waals surface area contributed by atoms with Gasteiger partial charge in [0, 0.05) is 6.04 Å². The minimum absolute atomic E-state index is 0. The molecule has 0 aromatic heterocycles. The van der Waals surface area contributed by atoms with Gasteiger partial charge in [-0.2, -0.15) is 0 Å². The van der Waals surface area contributed by atoms with Crippen molar-refractivity contribution in [3.8, 4) is 0 Å². The molecule has 1 aliphatic rings. The molecule has 0 aromatic carbocycles. The molecule has 0 heterocycles. The Labute approximate surface area is 53.9 Å². The number of nitrogens with two attached hydrogens (primary N) is 1. The van der Waals surface area contributed by atoms with Gasteiger partial charge >= 0.3 is 0 Å². The van der Waals surface area contributed by atoms with Crippen molar-refractivity contribution in [2.45, 2.75) is 24.7 Å². The molecule has 0 radical (unpaired) electrons. The summed E-state index contributed by atoms with van der Waals surface area (Å²) >= 11 is 0. The lowest BCUT2D eigenvalue weighted by molar-refractivity contribution is -0.0685. The number of halogens is 1. The van der Waals surface area contributed by atoms with Crippen molar-refractivity contribution in [3.63, 3.8) is 0 Å². The third-order valence-electron chi connectivity index (χ3n) is 1.35. The topological polar surface area (TPSA) is 66.5 Å². The second-order valence-corrected chi connectivity index (χ2v) is 1.96. The molecule has 50 valence electrons. The average Bonchev–Trinajstić information content (AvgIpc) is 1.68. The van der Waals surface area contributed by atoms with E-state index in [1.807, 2.05) is 0 Å². The van der Waals surface area contributed by atoms with E-state index >= 15 is 0 Å². The Kier molecular flexibility index (Phi) is 2.70. The Hall–Kier alpha value is 0.170. The first-order valence-corrected chi connectivity index (χ1v) is 2.33. The molecule has 0 aliphatic heterocycles. The predicted octanol–water partition coefficient (Wildman–Crippen LogP) is -1.14. The Morgan fingerprint density at radius 2 is 1.88 bits per heavy atom. The molecule has 3 atom stereocenters. The lowest BCUT2D eigenvalue weighted by Gasteiger charge is -2.34. The number of hydrogen-bond acceptors (Lipinski definition) is 3. The van der Waals surface area contributed by atoms with Crippen molar-refractivity contribution in [2.24, 2.45) is 5.73 Å². The van der Waals surface area contributed by atoms with E-state index in [1.54, 1.807) is 0 Å². The number of rotatable bonds is 0. The Morgan fingerprint density at radius 3 is 1.88 bits per heavy atom. The molecule has 3 nitrogen and oxygen atoms in total. The molecule has 0 bridgehead atoms. The van der Waals surface area contributed by atoms with Crippen LogP contribution in [0.3, 0.4) is 0 Å². The summed E-state index contributed by atoms with van der Waals surface area (Å²) in [7, 11) is 0. The minimum Gasteiger partial charge on any atom is -0.390 e. The molecular weight excluding hydrogens is 130 g/mol.